The number of carboxylic acids is 1. The lowest BCUT2D eigenvalue weighted by Crippen LogP contribution is -2.03. The van der Waals surface area contributed by atoms with Crippen molar-refractivity contribution in [2.45, 2.75) is 18.8 Å². The van der Waals surface area contributed by atoms with Crippen molar-refractivity contribution in [1.82, 2.24) is 9.78 Å². The van der Waals surface area contributed by atoms with Gasteiger partial charge in [-0.25, -0.2) is 9.48 Å². The van der Waals surface area contributed by atoms with Crippen molar-refractivity contribution in [3.63, 3.8) is 0 Å². The Bertz CT molecular complexity index is 600. The predicted molar refractivity (Wildman–Crippen MR) is 66.9 cm³/mol. The van der Waals surface area contributed by atoms with E-state index in [0.717, 1.165) is 18.5 Å². The van der Waals surface area contributed by atoms with Crippen molar-refractivity contribution in [2.24, 2.45) is 0 Å². The first-order valence-corrected chi connectivity index (χ1v) is 5.85. The summed E-state index contributed by atoms with van der Waals surface area (Å²) in [6.07, 6.45) is 1.98. The average molecular weight is 243 g/mol. The Morgan fingerprint density at radius 3 is 2.56 bits per heavy atom. The van der Waals surface area contributed by atoms with Crippen molar-refractivity contribution in [2.75, 3.05) is 5.73 Å². The first-order chi connectivity index (χ1) is 8.68. The summed E-state index contributed by atoms with van der Waals surface area (Å²) in [5, 5.41) is 13.3. The molecule has 1 aliphatic rings. The van der Waals surface area contributed by atoms with E-state index in [9.17, 15) is 9.90 Å². The smallest absolute Gasteiger partial charge is 0.356 e. The molecule has 0 amide bonds. The van der Waals surface area contributed by atoms with E-state index >= 15 is 0 Å². The minimum Gasteiger partial charge on any atom is -0.476 e. The normalized spacial score (nSPS) is 14.7. The van der Waals surface area contributed by atoms with Gasteiger partial charge in [0.2, 0.25) is 0 Å². The van der Waals surface area contributed by atoms with Gasteiger partial charge in [0.15, 0.2) is 5.69 Å². The maximum Gasteiger partial charge on any atom is 0.356 e. The van der Waals surface area contributed by atoms with Crippen LogP contribution in [0.1, 0.15) is 34.8 Å². The summed E-state index contributed by atoms with van der Waals surface area (Å²) in [5.74, 6) is -0.312. The van der Waals surface area contributed by atoms with Crippen molar-refractivity contribution >= 4 is 11.8 Å². The molecular formula is C13H13N3O2. The maximum absolute atomic E-state index is 11.2. The van der Waals surface area contributed by atoms with Gasteiger partial charge in [-0.1, -0.05) is 18.2 Å². The van der Waals surface area contributed by atoms with Gasteiger partial charge in [0.05, 0.1) is 5.69 Å². The van der Waals surface area contributed by atoms with Crippen LogP contribution in [0, 0.1) is 0 Å². The largest absolute Gasteiger partial charge is 0.476 e. The molecule has 0 unspecified atom stereocenters. The zero-order valence-corrected chi connectivity index (χ0v) is 9.71. The number of carboxylic acid groups (broad SMARTS) is 1. The van der Waals surface area contributed by atoms with Crippen LogP contribution in [0.4, 0.5) is 5.82 Å². The number of nitrogens with two attached hydrogens (primary N) is 1. The van der Waals surface area contributed by atoms with Crippen molar-refractivity contribution in [3.05, 3.63) is 41.6 Å². The SMILES string of the molecule is Nc1c(C2CC2)c(C(=O)O)nn1-c1ccccc1. The molecule has 5 heteroatoms. The molecule has 3 rings (SSSR count). The summed E-state index contributed by atoms with van der Waals surface area (Å²) < 4.78 is 1.51. The first kappa shape index (κ1) is 10.8. The lowest BCUT2D eigenvalue weighted by Gasteiger charge is -2.03. The monoisotopic (exact) mass is 243 g/mol. The number of rotatable bonds is 3. The molecule has 0 spiro atoms. The Kier molecular flexibility index (Phi) is 2.33. The molecule has 0 radical (unpaired) electrons. The molecule has 1 saturated carbocycles. The molecular weight excluding hydrogens is 230 g/mol. The molecule has 0 saturated heterocycles. The number of hydrogen-bond donors (Lipinski definition) is 2. The molecule has 1 aliphatic carbocycles. The van der Waals surface area contributed by atoms with Crippen molar-refractivity contribution in [1.29, 1.82) is 0 Å². The highest BCUT2D eigenvalue weighted by molar-refractivity contribution is 5.89. The Morgan fingerprint density at radius 1 is 1.33 bits per heavy atom. The van der Waals surface area contributed by atoms with Gasteiger partial charge in [0, 0.05) is 5.56 Å². The molecule has 1 aromatic heterocycles. The number of nitrogen functional groups attached to an aromatic ring is 1. The Hall–Kier alpha value is -2.30. The molecule has 1 heterocycles. The third kappa shape index (κ3) is 1.64. The van der Waals surface area contributed by atoms with E-state index in [1.165, 1.54) is 4.68 Å². The summed E-state index contributed by atoms with van der Waals surface area (Å²) in [6, 6.07) is 9.34. The van der Waals surface area contributed by atoms with Gasteiger partial charge >= 0.3 is 5.97 Å². The Morgan fingerprint density at radius 2 is 2.00 bits per heavy atom. The molecule has 92 valence electrons. The highest BCUT2D eigenvalue weighted by atomic mass is 16.4. The molecule has 1 aromatic carbocycles. The number of nitrogens with zero attached hydrogens (tertiary/aromatic N) is 2. The number of carbonyl (C=O) groups is 1. The van der Waals surface area contributed by atoms with Crippen LogP contribution in [-0.4, -0.2) is 20.9 Å². The van der Waals surface area contributed by atoms with E-state index in [2.05, 4.69) is 5.10 Å². The van der Waals surface area contributed by atoms with Gasteiger partial charge in [-0.05, 0) is 30.9 Å². The van der Waals surface area contributed by atoms with E-state index in [1.54, 1.807) is 0 Å². The fourth-order valence-corrected chi connectivity index (χ4v) is 2.14. The van der Waals surface area contributed by atoms with E-state index < -0.39 is 5.97 Å². The van der Waals surface area contributed by atoms with Crippen LogP contribution in [0.25, 0.3) is 5.69 Å². The van der Waals surface area contributed by atoms with Crippen LogP contribution in [0.3, 0.4) is 0 Å². The Balaban J connectivity index is 2.17. The molecule has 0 aliphatic heterocycles. The van der Waals surface area contributed by atoms with Gasteiger partial charge in [-0.15, -0.1) is 0 Å². The molecule has 0 bridgehead atoms. The highest BCUT2D eigenvalue weighted by Gasteiger charge is 2.34. The minimum atomic E-state index is -1.02. The van der Waals surface area contributed by atoms with Crippen LogP contribution in [0.15, 0.2) is 30.3 Å². The second kappa shape index (κ2) is 3.87. The standard InChI is InChI=1S/C13H13N3O2/c14-12-10(8-6-7-8)11(13(17)18)15-16(12)9-4-2-1-3-5-9/h1-5,8H,6-7,14H2,(H,17,18). The quantitative estimate of drug-likeness (QED) is 0.864. The number of aromatic nitrogens is 2. The molecule has 2 aromatic rings. The van der Waals surface area contributed by atoms with Gasteiger partial charge in [-0.3, -0.25) is 0 Å². The second-order valence-corrected chi connectivity index (χ2v) is 4.47. The third-order valence-corrected chi connectivity index (χ3v) is 3.15. The lowest BCUT2D eigenvalue weighted by atomic mass is 10.1. The number of hydrogen-bond acceptors (Lipinski definition) is 3. The van der Waals surface area contributed by atoms with E-state index in [-0.39, 0.29) is 11.6 Å². The molecule has 0 atom stereocenters. The summed E-state index contributed by atoms with van der Waals surface area (Å²) in [7, 11) is 0. The van der Waals surface area contributed by atoms with Gasteiger partial charge in [-0.2, -0.15) is 5.10 Å². The van der Waals surface area contributed by atoms with E-state index in [1.807, 2.05) is 30.3 Å². The number of aromatic carboxylic acids is 1. The summed E-state index contributed by atoms with van der Waals surface area (Å²) in [6.45, 7) is 0. The number of para-hydroxylation sites is 1. The zero-order chi connectivity index (χ0) is 12.7. The fraction of sp³-hybridized carbons (Fsp3) is 0.231. The summed E-state index contributed by atoms with van der Waals surface area (Å²) in [5.41, 5.74) is 7.60. The van der Waals surface area contributed by atoms with Crippen LogP contribution >= 0.6 is 0 Å². The maximum atomic E-state index is 11.2. The van der Waals surface area contributed by atoms with Gasteiger partial charge < -0.3 is 10.8 Å². The second-order valence-electron chi connectivity index (χ2n) is 4.47. The third-order valence-electron chi connectivity index (χ3n) is 3.15. The van der Waals surface area contributed by atoms with E-state index in [0.29, 0.717) is 11.4 Å². The van der Waals surface area contributed by atoms with Gasteiger partial charge in [0.1, 0.15) is 5.82 Å². The van der Waals surface area contributed by atoms with Crippen molar-refractivity contribution < 1.29 is 9.90 Å². The zero-order valence-electron chi connectivity index (χ0n) is 9.71. The number of benzene rings is 1. The predicted octanol–water partition coefficient (Wildman–Crippen LogP) is 2.03. The van der Waals surface area contributed by atoms with Crippen LogP contribution < -0.4 is 5.73 Å². The van der Waals surface area contributed by atoms with Crippen LogP contribution in [0.2, 0.25) is 0 Å². The fourth-order valence-electron chi connectivity index (χ4n) is 2.14. The molecule has 18 heavy (non-hydrogen) atoms. The van der Waals surface area contributed by atoms with Crippen molar-refractivity contribution in [3.8, 4) is 5.69 Å². The van der Waals surface area contributed by atoms with Gasteiger partial charge in [0.25, 0.3) is 0 Å². The average Bonchev–Trinajstić information content (AvgIpc) is 3.14. The Labute approximate surface area is 104 Å². The number of anilines is 1. The first-order valence-electron chi connectivity index (χ1n) is 5.85. The topological polar surface area (TPSA) is 81.1 Å². The van der Waals surface area contributed by atoms with Crippen LogP contribution in [-0.2, 0) is 0 Å². The van der Waals surface area contributed by atoms with Crippen LogP contribution in [0.5, 0.6) is 0 Å². The van der Waals surface area contributed by atoms with E-state index in [4.69, 9.17) is 5.73 Å². The molecule has 5 nitrogen and oxygen atoms in total. The summed E-state index contributed by atoms with van der Waals surface area (Å²) >= 11 is 0. The highest BCUT2D eigenvalue weighted by Crippen LogP contribution is 2.44. The summed E-state index contributed by atoms with van der Waals surface area (Å²) in [4.78, 5) is 11.2. The molecule has 3 N–H and O–H groups in total. The molecule has 1 fully saturated rings. The lowest BCUT2D eigenvalue weighted by molar-refractivity contribution is 0.0688. The minimum absolute atomic E-state index is 0.0823.